The van der Waals surface area contributed by atoms with E-state index in [0.717, 1.165) is 39.8 Å². The van der Waals surface area contributed by atoms with E-state index in [1.165, 1.54) is 0 Å². The van der Waals surface area contributed by atoms with Gasteiger partial charge in [0.1, 0.15) is 5.75 Å². The number of halogens is 1. The summed E-state index contributed by atoms with van der Waals surface area (Å²) in [6.07, 6.45) is 3.51. The minimum atomic E-state index is -0.240. The van der Waals surface area contributed by atoms with Crippen LogP contribution in [0.25, 0.3) is 5.57 Å². The van der Waals surface area contributed by atoms with Crippen LogP contribution in [0.4, 0.5) is 0 Å². The number of allylic oxidation sites excluding steroid dienone is 3. The van der Waals surface area contributed by atoms with Crippen LogP contribution in [0.2, 0.25) is 0 Å². The highest BCUT2D eigenvalue weighted by Gasteiger charge is 2.27. The van der Waals surface area contributed by atoms with Crippen molar-refractivity contribution in [3.8, 4) is 17.6 Å². The van der Waals surface area contributed by atoms with Crippen LogP contribution in [0.15, 0.2) is 71.2 Å². The van der Waals surface area contributed by atoms with Crippen LogP contribution < -0.4 is 4.74 Å². The molecule has 1 aliphatic carbocycles. The molecule has 3 rings (SSSR count). The second-order valence-corrected chi connectivity index (χ2v) is 6.95. The summed E-state index contributed by atoms with van der Waals surface area (Å²) < 4.78 is 6.20. The van der Waals surface area contributed by atoms with Crippen molar-refractivity contribution in [2.24, 2.45) is 5.92 Å². The zero-order valence-corrected chi connectivity index (χ0v) is 16.2. The summed E-state index contributed by atoms with van der Waals surface area (Å²) in [7, 11) is 1.63. The lowest BCUT2D eigenvalue weighted by molar-refractivity contribution is -0.117. The van der Waals surface area contributed by atoms with Crippen LogP contribution in [0.3, 0.4) is 0 Å². The number of Topliss-reactive ketones (excluding diaryl/α,β-unsaturated/α-hetero) is 1. The van der Waals surface area contributed by atoms with Gasteiger partial charge in [0.25, 0.3) is 0 Å². The van der Waals surface area contributed by atoms with Gasteiger partial charge in [-0.3, -0.25) is 4.79 Å². The minimum absolute atomic E-state index is 0.0450. The van der Waals surface area contributed by atoms with E-state index in [9.17, 15) is 4.79 Å². The van der Waals surface area contributed by atoms with Crippen molar-refractivity contribution >= 4 is 27.3 Å². The van der Waals surface area contributed by atoms with Crippen molar-refractivity contribution in [3.63, 3.8) is 0 Å². The first-order valence-corrected chi connectivity index (χ1v) is 9.23. The van der Waals surface area contributed by atoms with Crippen molar-refractivity contribution in [1.29, 1.82) is 0 Å². The van der Waals surface area contributed by atoms with Gasteiger partial charge in [-0.2, -0.15) is 0 Å². The molecule has 0 aliphatic heterocycles. The number of carbonyl (C=O) groups excluding carboxylic acids is 1. The first kappa shape index (κ1) is 18.2. The molecule has 1 atom stereocenters. The molecule has 130 valence electrons. The highest BCUT2D eigenvalue weighted by molar-refractivity contribution is 9.10. The van der Waals surface area contributed by atoms with Gasteiger partial charge >= 0.3 is 0 Å². The number of carbonyl (C=O) groups is 1. The molecule has 3 heteroatoms. The van der Waals surface area contributed by atoms with Crippen LogP contribution in [-0.4, -0.2) is 12.9 Å². The summed E-state index contributed by atoms with van der Waals surface area (Å²) in [5.41, 5.74) is 3.20. The van der Waals surface area contributed by atoms with E-state index in [1.807, 2.05) is 54.6 Å². The third-order valence-electron chi connectivity index (χ3n) is 4.45. The van der Waals surface area contributed by atoms with Gasteiger partial charge in [-0.1, -0.05) is 48.8 Å². The van der Waals surface area contributed by atoms with Gasteiger partial charge in [0.05, 0.1) is 12.7 Å². The molecule has 0 bridgehead atoms. The summed E-state index contributed by atoms with van der Waals surface area (Å²) in [4.78, 5) is 12.9. The molecule has 0 fully saturated rings. The monoisotopic (exact) mass is 406 g/mol. The molecule has 0 aromatic heterocycles. The molecule has 2 aromatic rings. The normalized spacial score (nSPS) is 16.3. The number of methoxy groups -OCH3 is 1. The van der Waals surface area contributed by atoms with Gasteiger partial charge in [0.15, 0.2) is 5.78 Å². The lowest BCUT2D eigenvalue weighted by atomic mass is 9.80. The van der Waals surface area contributed by atoms with Gasteiger partial charge in [0.2, 0.25) is 0 Å². The maximum Gasteiger partial charge on any atom is 0.178 e. The van der Waals surface area contributed by atoms with Crippen LogP contribution in [0.1, 0.15) is 24.0 Å². The molecular formula is C23H19BrO2. The zero-order valence-electron chi connectivity index (χ0n) is 14.6. The van der Waals surface area contributed by atoms with Gasteiger partial charge in [-0.25, -0.2) is 0 Å². The average molecular weight is 407 g/mol. The molecule has 0 amide bonds. The smallest absolute Gasteiger partial charge is 0.178 e. The summed E-state index contributed by atoms with van der Waals surface area (Å²) in [6.45, 7) is 4.18. The maximum absolute atomic E-state index is 12.9. The van der Waals surface area contributed by atoms with Crippen molar-refractivity contribution in [3.05, 3.63) is 82.4 Å². The van der Waals surface area contributed by atoms with Gasteiger partial charge < -0.3 is 4.74 Å². The van der Waals surface area contributed by atoms with Gasteiger partial charge in [-0.15, -0.1) is 0 Å². The molecule has 0 saturated heterocycles. The van der Waals surface area contributed by atoms with Crippen molar-refractivity contribution in [2.75, 3.05) is 7.11 Å². The number of hydrogen-bond donors (Lipinski definition) is 0. The number of ether oxygens (including phenoxy) is 1. The molecular weight excluding hydrogens is 388 g/mol. The molecule has 0 heterocycles. The van der Waals surface area contributed by atoms with E-state index in [0.29, 0.717) is 5.57 Å². The Kier molecular flexibility index (Phi) is 5.75. The molecule has 0 saturated carbocycles. The average Bonchev–Trinajstić information content (AvgIpc) is 2.68. The quantitative estimate of drug-likeness (QED) is 0.635. The fraction of sp³-hybridized carbons (Fsp3) is 0.174. The third kappa shape index (κ3) is 3.98. The standard InChI is InChI=1S/C23H19BrO2/c1-16(19-9-5-10-20(15-19)26-2)21-11-6-8-18(23(21)25)14-13-17-7-3-4-12-22(17)24/h3-5,7-10,12,15,21H,1,6,11H2,2H3. The Morgan fingerprint density at radius 3 is 2.77 bits per heavy atom. The minimum Gasteiger partial charge on any atom is -0.497 e. The highest BCUT2D eigenvalue weighted by Crippen LogP contribution is 2.33. The van der Waals surface area contributed by atoms with Crippen LogP contribution in [0, 0.1) is 17.8 Å². The van der Waals surface area contributed by atoms with Crippen molar-refractivity contribution in [1.82, 2.24) is 0 Å². The number of hydrogen-bond acceptors (Lipinski definition) is 2. The largest absolute Gasteiger partial charge is 0.497 e. The van der Waals surface area contributed by atoms with E-state index in [-0.39, 0.29) is 11.7 Å². The van der Waals surface area contributed by atoms with Crippen LogP contribution in [0.5, 0.6) is 5.75 Å². The summed E-state index contributed by atoms with van der Waals surface area (Å²) in [5.74, 6) is 6.71. The Hall–Kier alpha value is -2.57. The molecule has 0 spiro atoms. The predicted octanol–water partition coefficient (Wildman–Crippen LogP) is 5.43. The molecule has 26 heavy (non-hydrogen) atoms. The fourth-order valence-corrected chi connectivity index (χ4v) is 3.36. The topological polar surface area (TPSA) is 26.3 Å². The second-order valence-electron chi connectivity index (χ2n) is 6.10. The Morgan fingerprint density at radius 2 is 2.00 bits per heavy atom. The summed E-state index contributed by atoms with van der Waals surface area (Å²) in [5, 5.41) is 0. The lowest BCUT2D eigenvalue weighted by Crippen LogP contribution is -2.20. The molecule has 0 radical (unpaired) electrons. The molecule has 2 aromatic carbocycles. The first-order chi connectivity index (χ1) is 12.6. The van der Waals surface area contributed by atoms with E-state index < -0.39 is 0 Å². The van der Waals surface area contributed by atoms with Crippen molar-refractivity contribution in [2.45, 2.75) is 12.8 Å². The Bertz CT molecular complexity index is 944. The van der Waals surface area contributed by atoms with E-state index in [1.54, 1.807) is 7.11 Å². The summed E-state index contributed by atoms with van der Waals surface area (Å²) >= 11 is 3.48. The van der Waals surface area contributed by atoms with Crippen molar-refractivity contribution < 1.29 is 9.53 Å². The molecule has 0 N–H and O–H groups in total. The molecule has 2 nitrogen and oxygen atoms in total. The Morgan fingerprint density at radius 1 is 1.19 bits per heavy atom. The lowest BCUT2D eigenvalue weighted by Gasteiger charge is -2.22. The van der Waals surface area contributed by atoms with Crippen LogP contribution in [-0.2, 0) is 4.79 Å². The number of rotatable bonds is 3. The van der Waals surface area contributed by atoms with E-state index in [2.05, 4.69) is 34.3 Å². The third-order valence-corrected chi connectivity index (χ3v) is 5.14. The predicted molar refractivity (Wildman–Crippen MR) is 109 cm³/mol. The second kappa shape index (κ2) is 8.21. The Balaban J connectivity index is 1.82. The maximum atomic E-state index is 12.9. The highest BCUT2D eigenvalue weighted by atomic mass is 79.9. The van der Waals surface area contributed by atoms with Gasteiger partial charge in [0, 0.05) is 16.0 Å². The molecule has 1 unspecified atom stereocenters. The first-order valence-electron chi connectivity index (χ1n) is 8.44. The zero-order chi connectivity index (χ0) is 18.5. The number of ketones is 1. The number of benzene rings is 2. The van der Waals surface area contributed by atoms with Gasteiger partial charge in [-0.05, 0) is 64.2 Å². The molecule has 1 aliphatic rings. The van der Waals surface area contributed by atoms with Crippen LogP contribution >= 0.6 is 15.9 Å². The summed E-state index contributed by atoms with van der Waals surface area (Å²) in [6, 6.07) is 15.4. The SMILES string of the molecule is C=C(c1cccc(OC)c1)C1CCC=C(C#Cc2ccccc2Br)C1=O. The fourth-order valence-electron chi connectivity index (χ4n) is 2.98. The van der Waals surface area contributed by atoms with E-state index in [4.69, 9.17) is 4.74 Å². The Labute approximate surface area is 162 Å². The van der Waals surface area contributed by atoms with E-state index >= 15 is 0 Å².